The molecule has 1 N–H and O–H groups in total. The Hall–Kier alpha value is -2.85. The van der Waals surface area contributed by atoms with Crippen LogP contribution in [0.25, 0.3) is 16.7 Å². The molecule has 10 heteroatoms. The van der Waals surface area contributed by atoms with Crippen molar-refractivity contribution in [3.63, 3.8) is 0 Å². The molecule has 33 heavy (non-hydrogen) atoms. The zero-order valence-electron chi connectivity index (χ0n) is 18.3. The third-order valence-corrected chi connectivity index (χ3v) is 8.23. The van der Waals surface area contributed by atoms with Crippen LogP contribution < -0.4 is 5.32 Å². The van der Waals surface area contributed by atoms with Gasteiger partial charge >= 0.3 is 0 Å². The molecule has 3 aromatic rings. The summed E-state index contributed by atoms with van der Waals surface area (Å²) < 4.78 is 25.2. The number of hydrogen-bond donors (Lipinski definition) is 1. The van der Waals surface area contributed by atoms with Gasteiger partial charge in [0.15, 0.2) is 15.0 Å². The zero-order valence-corrected chi connectivity index (χ0v) is 19.9. The fourth-order valence-corrected chi connectivity index (χ4v) is 6.48. The van der Waals surface area contributed by atoms with Gasteiger partial charge in [0.1, 0.15) is 0 Å². The number of benzene rings is 2. The molecule has 1 fully saturated rings. The Morgan fingerprint density at radius 3 is 2.58 bits per heavy atom. The van der Waals surface area contributed by atoms with Crippen molar-refractivity contribution in [1.29, 1.82) is 0 Å². The van der Waals surface area contributed by atoms with Crippen LogP contribution in [0.15, 0.2) is 59.8 Å². The average molecular weight is 487 g/mol. The highest BCUT2D eigenvalue weighted by molar-refractivity contribution is 7.99. The lowest BCUT2D eigenvalue weighted by atomic mass is 10.2. The van der Waals surface area contributed by atoms with E-state index in [4.69, 9.17) is 4.98 Å². The van der Waals surface area contributed by atoms with E-state index in [1.807, 2.05) is 66.1 Å². The number of nitrogens with one attached hydrogen (secondary N) is 1. The van der Waals surface area contributed by atoms with Gasteiger partial charge in [0.25, 0.3) is 0 Å². The Bertz CT molecular complexity index is 1260. The predicted octanol–water partition coefficient (Wildman–Crippen LogP) is 2.27. The molecular formula is C23H26N4O4S2. The van der Waals surface area contributed by atoms with Crippen LogP contribution in [-0.2, 0) is 19.4 Å². The number of para-hydroxylation sites is 3. The highest BCUT2D eigenvalue weighted by Crippen LogP contribution is 2.28. The van der Waals surface area contributed by atoms with E-state index < -0.39 is 9.84 Å². The number of hydrogen-bond acceptors (Lipinski definition) is 6. The Morgan fingerprint density at radius 2 is 1.88 bits per heavy atom. The van der Waals surface area contributed by atoms with Crippen molar-refractivity contribution in [3.05, 3.63) is 54.6 Å². The number of aromatic nitrogens is 2. The molecule has 1 unspecified atom stereocenters. The van der Waals surface area contributed by atoms with Crippen molar-refractivity contribution < 1.29 is 18.0 Å². The van der Waals surface area contributed by atoms with Crippen molar-refractivity contribution in [1.82, 2.24) is 19.8 Å². The molecule has 174 valence electrons. The third kappa shape index (κ3) is 5.56. The number of thioether (sulfide) groups is 1. The van der Waals surface area contributed by atoms with Gasteiger partial charge in [0.05, 0.1) is 34.8 Å². The normalized spacial score (nSPS) is 17.2. The number of imidazole rings is 1. The average Bonchev–Trinajstić information content (AvgIpc) is 3.35. The fraction of sp³-hybridized carbons (Fsp3) is 0.348. The smallest absolute Gasteiger partial charge is 0.239 e. The molecule has 1 saturated heterocycles. The van der Waals surface area contributed by atoms with E-state index >= 15 is 0 Å². The first-order valence-corrected chi connectivity index (χ1v) is 13.6. The number of fused-ring (bicyclic) bond motifs is 1. The van der Waals surface area contributed by atoms with Gasteiger partial charge < -0.3 is 10.2 Å². The molecule has 8 nitrogen and oxygen atoms in total. The van der Waals surface area contributed by atoms with Crippen LogP contribution in [0.1, 0.15) is 13.3 Å². The number of carbonyl (C=O) groups is 2. The lowest BCUT2D eigenvalue weighted by Gasteiger charge is -2.21. The Kier molecular flexibility index (Phi) is 7.04. The van der Waals surface area contributed by atoms with E-state index in [2.05, 4.69) is 5.32 Å². The molecule has 0 radical (unpaired) electrons. The van der Waals surface area contributed by atoms with Gasteiger partial charge in [-0.2, -0.15) is 0 Å². The first-order chi connectivity index (χ1) is 15.9. The van der Waals surface area contributed by atoms with E-state index in [0.29, 0.717) is 18.1 Å². The number of amides is 2. The molecule has 2 aromatic carbocycles. The molecule has 1 aromatic heterocycles. The summed E-state index contributed by atoms with van der Waals surface area (Å²) in [5.41, 5.74) is 2.76. The second kappa shape index (κ2) is 9.96. The lowest BCUT2D eigenvalue weighted by molar-refractivity contribution is -0.134. The Balaban J connectivity index is 1.43. The predicted molar refractivity (Wildman–Crippen MR) is 129 cm³/mol. The SMILES string of the molecule is CCN(CC(=O)NC1CCS(=O)(=O)C1)C(=O)CSc1nc2ccccc2n1-c1ccccc1. The van der Waals surface area contributed by atoms with Crippen LogP contribution in [0.2, 0.25) is 0 Å². The summed E-state index contributed by atoms with van der Waals surface area (Å²) in [4.78, 5) is 31.5. The van der Waals surface area contributed by atoms with Crippen molar-refractivity contribution in [3.8, 4) is 5.69 Å². The molecule has 0 aliphatic carbocycles. The van der Waals surface area contributed by atoms with Crippen LogP contribution in [0.4, 0.5) is 0 Å². The van der Waals surface area contributed by atoms with E-state index in [0.717, 1.165) is 16.7 Å². The molecule has 2 heterocycles. The molecule has 1 aliphatic rings. The van der Waals surface area contributed by atoms with Gasteiger partial charge in [-0.3, -0.25) is 14.2 Å². The summed E-state index contributed by atoms with van der Waals surface area (Å²) in [7, 11) is -3.08. The number of nitrogens with zero attached hydrogens (tertiary/aromatic N) is 3. The fourth-order valence-electron chi connectivity index (χ4n) is 3.88. The Morgan fingerprint density at radius 1 is 1.15 bits per heavy atom. The monoisotopic (exact) mass is 486 g/mol. The lowest BCUT2D eigenvalue weighted by Crippen LogP contribution is -2.45. The van der Waals surface area contributed by atoms with Crippen molar-refractivity contribution >= 4 is 44.4 Å². The summed E-state index contributed by atoms with van der Waals surface area (Å²) in [6, 6.07) is 17.3. The number of carbonyl (C=O) groups excluding carboxylic acids is 2. The first-order valence-electron chi connectivity index (χ1n) is 10.8. The van der Waals surface area contributed by atoms with Crippen LogP contribution in [0.5, 0.6) is 0 Å². The summed E-state index contributed by atoms with van der Waals surface area (Å²) in [5.74, 6) is -0.329. The minimum absolute atomic E-state index is 0.0373. The van der Waals surface area contributed by atoms with E-state index in [-0.39, 0.29) is 41.7 Å². The van der Waals surface area contributed by atoms with Crippen LogP contribution in [0, 0.1) is 0 Å². The van der Waals surface area contributed by atoms with Crippen molar-refractivity contribution in [2.24, 2.45) is 0 Å². The van der Waals surface area contributed by atoms with Gasteiger partial charge in [-0.15, -0.1) is 0 Å². The second-order valence-corrected chi connectivity index (χ2v) is 11.1. The van der Waals surface area contributed by atoms with Gasteiger partial charge in [-0.05, 0) is 37.6 Å². The quantitative estimate of drug-likeness (QED) is 0.490. The van der Waals surface area contributed by atoms with E-state index in [1.165, 1.54) is 16.7 Å². The summed E-state index contributed by atoms with van der Waals surface area (Å²) in [6.45, 7) is 2.10. The van der Waals surface area contributed by atoms with Crippen molar-refractivity contribution in [2.45, 2.75) is 24.5 Å². The van der Waals surface area contributed by atoms with E-state index in [9.17, 15) is 18.0 Å². The molecule has 0 spiro atoms. The number of rotatable bonds is 8. The van der Waals surface area contributed by atoms with Gasteiger partial charge in [-0.25, -0.2) is 13.4 Å². The summed E-state index contributed by atoms with van der Waals surface area (Å²) in [5, 5.41) is 3.44. The van der Waals surface area contributed by atoms with Crippen LogP contribution in [-0.4, -0.2) is 71.1 Å². The minimum atomic E-state index is -3.08. The molecule has 4 rings (SSSR count). The standard InChI is InChI=1S/C23H26N4O4S2/c1-2-26(14-21(28)24-17-12-13-33(30,31)16-17)22(29)15-32-23-25-19-10-6-7-11-20(19)27(23)18-8-4-3-5-9-18/h3-11,17H,2,12-16H2,1H3,(H,24,28). The van der Waals surface area contributed by atoms with E-state index in [1.54, 1.807) is 0 Å². The summed E-state index contributed by atoms with van der Waals surface area (Å²) in [6.07, 6.45) is 0.416. The van der Waals surface area contributed by atoms with Gasteiger partial charge in [0.2, 0.25) is 11.8 Å². The number of likely N-dealkylation sites (N-methyl/N-ethyl adjacent to an activating group) is 1. The van der Waals surface area contributed by atoms with Crippen molar-refractivity contribution in [2.75, 3.05) is 30.3 Å². The molecule has 0 bridgehead atoms. The van der Waals surface area contributed by atoms with Gasteiger partial charge in [0, 0.05) is 18.3 Å². The first kappa shape index (κ1) is 23.3. The third-order valence-electron chi connectivity index (χ3n) is 5.54. The maximum Gasteiger partial charge on any atom is 0.239 e. The highest BCUT2D eigenvalue weighted by atomic mass is 32.2. The zero-order chi connectivity index (χ0) is 23.4. The topological polar surface area (TPSA) is 101 Å². The Labute approximate surface area is 197 Å². The largest absolute Gasteiger partial charge is 0.351 e. The molecule has 1 atom stereocenters. The summed E-state index contributed by atoms with van der Waals surface area (Å²) >= 11 is 1.33. The second-order valence-electron chi connectivity index (χ2n) is 7.92. The highest BCUT2D eigenvalue weighted by Gasteiger charge is 2.29. The maximum absolute atomic E-state index is 12.9. The molecule has 1 aliphatic heterocycles. The number of sulfone groups is 1. The molecular weight excluding hydrogens is 460 g/mol. The maximum atomic E-state index is 12.9. The minimum Gasteiger partial charge on any atom is -0.351 e. The van der Waals surface area contributed by atoms with Gasteiger partial charge in [-0.1, -0.05) is 42.1 Å². The van der Waals surface area contributed by atoms with Crippen LogP contribution >= 0.6 is 11.8 Å². The molecule has 2 amide bonds. The van der Waals surface area contributed by atoms with Crippen LogP contribution in [0.3, 0.4) is 0 Å². The molecule has 0 saturated carbocycles.